The third-order valence-corrected chi connectivity index (χ3v) is 3.62. The molecule has 2 N–H and O–H groups in total. The number of ether oxygens (including phenoxy) is 1. The van der Waals surface area contributed by atoms with Gasteiger partial charge in [0.15, 0.2) is 0 Å². The second-order valence-corrected chi connectivity index (χ2v) is 5.24. The van der Waals surface area contributed by atoms with Gasteiger partial charge in [-0.15, -0.1) is 0 Å². The van der Waals surface area contributed by atoms with Gasteiger partial charge in [0.2, 0.25) is 0 Å². The van der Waals surface area contributed by atoms with Crippen molar-refractivity contribution in [3.05, 3.63) is 52.6 Å². The number of hydrogen-bond acceptors (Lipinski definition) is 4. The van der Waals surface area contributed by atoms with Gasteiger partial charge in [-0.3, -0.25) is 14.6 Å². The second kappa shape index (κ2) is 6.53. The number of H-pyrrole nitrogens is 1. The summed E-state index contributed by atoms with van der Waals surface area (Å²) in [5.74, 6) is -0.366. The molecule has 0 bridgehead atoms. The lowest BCUT2D eigenvalue weighted by Crippen LogP contribution is -2.42. The number of carbonyl (C=O) groups is 1. The van der Waals surface area contributed by atoms with E-state index in [-0.39, 0.29) is 17.5 Å². The molecular formula is C16H17N3O3. The molecule has 0 radical (unpaired) electrons. The molecule has 114 valence electrons. The standard InChI is InChI=1S/C16H17N3O3/c20-15(18-12-4-2-8-22-10-12)13-5-6-14(19-16(13)21)11-3-1-7-17-9-11/h1,3,5-7,9,12H,2,4,8,10H2,(H,18,20)(H,19,21)/t12-/m1/s1. The zero-order chi connectivity index (χ0) is 15.4. The second-order valence-electron chi connectivity index (χ2n) is 5.24. The summed E-state index contributed by atoms with van der Waals surface area (Å²) < 4.78 is 5.32. The topological polar surface area (TPSA) is 84.1 Å². The van der Waals surface area contributed by atoms with E-state index in [1.165, 1.54) is 0 Å². The average molecular weight is 299 g/mol. The van der Waals surface area contributed by atoms with Crippen LogP contribution in [0.5, 0.6) is 0 Å². The smallest absolute Gasteiger partial charge is 0.261 e. The van der Waals surface area contributed by atoms with Crippen LogP contribution in [0.15, 0.2) is 41.5 Å². The van der Waals surface area contributed by atoms with Crippen LogP contribution in [0.3, 0.4) is 0 Å². The number of aromatic nitrogens is 2. The van der Waals surface area contributed by atoms with E-state index in [1.807, 2.05) is 6.07 Å². The highest BCUT2D eigenvalue weighted by molar-refractivity contribution is 5.94. The van der Waals surface area contributed by atoms with Crippen molar-refractivity contribution in [2.24, 2.45) is 0 Å². The fraction of sp³-hybridized carbons (Fsp3) is 0.312. The molecule has 3 heterocycles. The SMILES string of the molecule is O=C(N[C@@H]1CCCOC1)c1ccc(-c2cccnc2)[nH]c1=O. The monoisotopic (exact) mass is 299 g/mol. The maximum absolute atomic E-state index is 12.2. The van der Waals surface area contributed by atoms with Gasteiger partial charge in [0.1, 0.15) is 5.56 Å². The predicted molar refractivity (Wildman–Crippen MR) is 81.6 cm³/mol. The van der Waals surface area contributed by atoms with E-state index in [2.05, 4.69) is 15.3 Å². The summed E-state index contributed by atoms with van der Waals surface area (Å²) in [6, 6.07) is 6.86. The van der Waals surface area contributed by atoms with Gasteiger partial charge in [0.25, 0.3) is 11.5 Å². The number of hydrogen-bond donors (Lipinski definition) is 2. The van der Waals surface area contributed by atoms with E-state index >= 15 is 0 Å². The number of pyridine rings is 2. The molecule has 0 unspecified atom stereocenters. The van der Waals surface area contributed by atoms with Crippen molar-refractivity contribution in [2.75, 3.05) is 13.2 Å². The summed E-state index contributed by atoms with van der Waals surface area (Å²) in [5, 5.41) is 2.84. The highest BCUT2D eigenvalue weighted by atomic mass is 16.5. The number of nitrogens with zero attached hydrogens (tertiary/aromatic N) is 1. The van der Waals surface area contributed by atoms with E-state index in [0.717, 1.165) is 25.0 Å². The molecule has 1 atom stereocenters. The van der Waals surface area contributed by atoms with Gasteiger partial charge in [-0.25, -0.2) is 0 Å². The van der Waals surface area contributed by atoms with E-state index in [9.17, 15) is 9.59 Å². The van der Waals surface area contributed by atoms with Crippen molar-refractivity contribution in [1.82, 2.24) is 15.3 Å². The fourth-order valence-electron chi connectivity index (χ4n) is 2.46. The molecule has 6 heteroatoms. The molecule has 1 aliphatic rings. The van der Waals surface area contributed by atoms with Gasteiger partial charge in [-0.1, -0.05) is 0 Å². The summed E-state index contributed by atoms with van der Waals surface area (Å²) >= 11 is 0. The molecule has 2 aromatic rings. The van der Waals surface area contributed by atoms with Crippen LogP contribution in [0.25, 0.3) is 11.3 Å². The molecule has 0 spiro atoms. The molecule has 1 aliphatic heterocycles. The average Bonchev–Trinajstić information content (AvgIpc) is 2.56. The molecule has 1 amide bonds. The Morgan fingerprint density at radius 3 is 2.95 bits per heavy atom. The van der Waals surface area contributed by atoms with E-state index in [0.29, 0.717) is 12.3 Å². The zero-order valence-electron chi connectivity index (χ0n) is 12.0. The lowest BCUT2D eigenvalue weighted by atomic mass is 10.1. The predicted octanol–water partition coefficient (Wildman–Crippen LogP) is 1.35. The van der Waals surface area contributed by atoms with Gasteiger partial charge in [0.05, 0.1) is 12.6 Å². The minimum Gasteiger partial charge on any atom is -0.379 e. The van der Waals surface area contributed by atoms with Crippen molar-refractivity contribution >= 4 is 5.91 Å². The largest absolute Gasteiger partial charge is 0.379 e. The Labute approximate surface area is 127 Å². The van der Waals surface area contributed by atoms with Crippen LogP contribution in [-0.2, 0) is 4.74 Å². The van der Waals surface area contributed by atoms with Crippen molar-refractivity contribution in [3.63, 3.8) is 0 Å². The highest BCUT2D eigenvalue weighted by Crippen LogP contribution is 2.13. The van der Waals surface area contributed by atoms with Crippen LogP contribution < -0.4 is 10.9 Å². The quantitative estimate of drug-likeness (QED) is 0.896. The molecule has 2 aromatic heterocycles. The zero-order valence-corrected chi connectivity index (χ0v) is 12.0. The van der Waals surface area contributed by atoms with Crippen molar-refractivity contribution in [2.45, 2.75) is 18.9 Å². The van der Waals surface area contributed by atoms with Gasteiger partial charge < -0.3 is 15.0 Å². The van der Waals surface area contributed by atoms with Gasteiger partial charge >= 0.3 is 0 Å². The van der Waals surface area contributed by atoms with Crippen LogP contribution in [-0.4, -0.2) is 35.1 Å². The Kier molecular flexibility index (Phi) is 4.29. The molecule has 0 aliphatic carbocycles. The van der Waals surface area contributed by atoms with Crippen LogP contribution in [0.1, 0.15) is 23.2 Å². The molecule has 1 saturated heterocycles. The van der Waals surface area contributed by atoms with Crippen LogP contribution in [0.4, 0.5) is 0 Å². The Balaban J connectivity index is 1.77. The Morgan fingerprint density at radius 2 is 2.27 bits per heavy atom. The minimum absolute atomic E-state index is 0.0290. The fourth-order valence-corrected chi connectivity index (χ4v) is 2.46. The third kappa shape index (κ3) is 3.23. The first-order valence-electron chi connectivity index (χ1n) is 7.26. The molecule has 3 rings (SSSR count). The third-order valence-electron chi connectivity index (χ3n) is 3.62. The lowest BCUT2D eigenvalue weighted by Gasteiger charge is -2.22. The molecule has 22 heavy (non-hydrogen) atoms. The number of carbonyl (C=O) groups excluding carboxylic acids is 1. The van der Waals surface area contributed by atoms with Crippen molar-refractivity contribution in [3.8, 4) is 11.3 Å². The summed E-state index contributed by atoms with van der Waals surface area (Å²) in [5.41, 5.74) is 1.14. The summed E-state index contributed by atoms with van der Waals surface area (Å²) in [7, 11) is 0. The van der Waals surface area contributed by atoms with E-state index in [1.54, 1.807) is 30.6 Å². The first-order chi connectivity index (χ1) is 10.7. The van der Waals surface area contributed by atoms with E-state index in [4.69, 9.17) is 4.74 Å². The van der Waals surface area contributed by atoms with Crippen LogP contribution in [0.2, 0.25) is 0 Å². The number of rotatable bonds is 3. The summed E-state index contributed by atoms with van der Waals surface area (Å²) in [6.45, 7) is 1.23. The number of nitrogens with one attached hydrogen (secondary N) is 2. The van der Waals surface area contributed by atoms with Gasteiger partial charge in [-0.05, 0) is 37.1 Å². The Morgan fingerprint density at radius 1 is 1.36 bits per heavy atom. The lowest BCUT2D eigenvalue weighted by molar-refractivity contribution is 0.0623. The van der Waals surface area contributed by atoms with Gasteiger partial charge in [0, 0.05) is 30.3 Å². The maximum atomic E-state index is 12.2. The van der Waals surface area contributed by atoms with E-state index < -0.39 is 5.56 Å². The maximum Gasteiger partial charge on any atom is 0.261 e. The molecule has 1 fully saturated rings. The van der Waals surface area contributed by atoms with Crippen LogP contribution in [0, 0.1) is 0 Å². The normalized spacial score (nSPS) is 17.9. The summed E-state index contributed by atoms with van der Waals surface area (Å²) in [6.07, 6.45) is 5.11. The van der Waals surface area contributed by atoms with Crippen molar-refractivity contribution in [1.29, 1.82) is 0 Å². The highest BCUT2D eigenvalue weighted by Gasteiger charge is 2.19. The Bertz CT molecular complexity index is 706. The molecule has 6 nitrogen and oxygen atoms in total. The molecular weight excluding hydrogens is 282 g/mol. The number of aromatic amines is 1. The summed E-state index contributed by atoms with van der Waals surface area (Å²) in [4.78, 5) is 31.0. The van der Waals surface area contributed by atoms with Crippen LogP contribution >= 0.6 is 0 Å². The first kappa shape index (κ1) is 14.5. The molecule has 0 aromatic carbocycles. The minimum atomic E-state index is -0.407. The van der Waals surface area contributed by atoms with Crippen molar-refractivity contribution < 1.29 is 9.53 Å². The number of amides is 1. The molecule has 0 saturated carbocycles. The first-order valence-corrected chi connectivity index (χ1v) is 7.26. The Hall–Kier alpha value is -2.47. The van der Waals surface area contributed by atoms with Gasteiger partial charge in [-0.2, -0.15) is 0 Å².